The molecule has 0 spiro atoms. The molecule has 2 atom stereocenters. The van der Waals surface area contributed by atoms with Gasteiger partial charge < -0.3 is 20.3 Å². The monoisotopic (exact) mass is 1210 g/mol. The minimum absolute atomic E-state index is 0.00945. The van der Waals surface area contributed by atoms with Crippen molar-refractivity contribution in [2.45, 2.75) is 450 Å². The van der Waals surface area contributed by atoms with Crippen LogP contribution in [0.3, 0.4) is 0 Å². The van der Waals surface area contributed by atoms with Crippen molar-refractivity contribution >= 4 is 11.9 Å². The number of allylic oxidation sites excluding steroid dienone is 5. The molecule has 6 nitrogen and oxygen atoms in total. The van der Waals surface area contributed by atoms with Crippen LogP contribution in [0, 0.1) is 0 Å². The summed E-state index contributed by atoms with van der Waals surface area (Å²) in [7, 11) is 0. The third-order valence-electron chi connectivity index (χ3n) is 18.4. The minimum Gasteiger partial charge on any atom is -0.466 e. The standard InChI is InChI=1S/C80H153NO5/c1-3-5-7-9-11-13-15-17-19-21-41-44-48-52-56-60-64-68-72-78(83)77(76-82)81-79(84)73-69-65-61-57-53-49-45-42-39-37-35-33-31-29-27-25-23-22-24-26-28-30-32-34-36-38-40-43-47-51-55-59-63-67-71-75-86-80(85)74-70-66-62-58-54-50-46-20-18-16-14-12-10-8-6-4-2/h14,16,20,46,68,72,77-78,82-83H,3-13,15,17-19,21-45,47-67,69-71,73-76H2,1-2H3,(H,81,84)/b16-14-,46-20-,72-68+. The lowest BCUT2D eigenvalue weighted by Crippen LogP contribution is -2.45. The van der Waals surface area contributed by atoms with Gasteiger partial charge in [0.1, 0.15) is 0 Å². The first-order valence-electron chi connectivity index (χ1n) is 39.3. The van der Waals surface area contributed by atoms with Crippen molar-refractivity contribution in [3.05, 3.63) is 36.5 Å². The molecule has 1 amide bonds. The van der Waals surface area contributed by atoms with Gasteiger partial charge in [-0.2, -0.15) is 0 Å². The number of rotatable bonds is 74. The van der Waals surface area contributed by atoms with Crippen molar-refractivity contribution in [1.82, 2.24) is 5.32 Å². The zero-order chi connectivity index (χ0) is 62.0. The largest absolute Gasteiger partial charge is 0.466 e. The molecule has 0 aromatic carbocycles. The van der Waals surface area contributed by atoms with Crippen molar-refractivity contribution in [2.75, 3.05) is 13.2 Å². The zero-order valence-corrected chi connectivity index (χ0v) is 58.3. The van der Waals surface area contributed by atoms with Crippen molar-refractivity contribution in [2.24, 2.45) is 0 Å². The molecular formula is C80H153NO5. The van der Waals surface area contributed by atoms with Gasteiger partial charge >= 0.3 is 5.97 Å². The summed E-state index contributed by atoms with van der Waals surface area (Å²) >= 11 is 0. The van der Waals surface area contributed by atoms with Gasteiger partial charge in [0.15, 0.2) is 0 Å². The second kappa shape index (κ2) is 75.5. The van der Waals surface area contributed by atoms with Crippen LogP contribution in [0.15, 0.2) is 36.5 Å². The highest BCUT2D eigenvalue weighted by molar-refractivity contribution is 5.76. The van der Waals surface area contributed by atoms with Gasteiger partial charge in [-0.05, 0) is 64.2 Å². The van der Waals surface area contributed by atoms with E-state index in [1.165, 1.54) is 360 Å². The molecule has 0 rings (SSSR count). The summed E-state index contributed by atoms with van der Waals surface area (Å²) in [5.74, 6) is -0.0495. The Kier molecular flexibility index (Phi) is 73.9. The molecule has 0 fully saturated rings. The number of hydrogen-bond acceptors (Lipinski definition) is 5. The Morgan fingerprint density at radius 1 is 0.326 bits per heavy atom. The number of amides is 1. The fourth-order valence-electron chi connectivity index (χ4n) is 12.4. The van der Waals surface area contributed by atoms with E-state index in [0.717, 1.165) is 51.4 Å². The van der Waals surface area contributed by atoms with Gasteiger partial charge in [0.05, 0.1) is 25.4 Å². The number of hydrogen-bond donors (Lipinski definition) is 3. The van der Waals surface area contributed by atoms with Gasteiger partial charge in [-0.15, -0.1) is 0 Å². The molecule has 6 heteroatoms. The summed E-state index contributed by atoms with van der Waals surface area (Å²) in [5.41, 5.74) is 0. The number of ether oxygens (including phenoxy) is 1. The Hall–Kier alpha value is -1.92. The molecule has 0 aliphatic carbocycles. The normalized spacial score (nSPS) is 12.7. The first-order chi connectivity index (χ1) is 42.5. The highest BCUT2D eigenvalue weighted by atomic mass is 16.5. The van der Waals surface area contributed by atoms with E-state index in [9.17, 15) is 19.8 Å². The lowest BCUT2D eigenvalue weighted by atomic mass is 10.0. The molecule has 0 saturated heterocycles. The average molecular weight is 1210 g/mol. The fraction of sp³-hybridized carbons (Fsp3) is 0.900. The molecular weight excluding hydrogens is 1050 g/mol. The summed E-state index contributed by atoms with van der Waals surface area (Å²) in [6, 6.07) is -0.624. The van der Waals surface area contributed by atoms with Crippen LogP contribution < -0.4 is 5.32 Å². The minimum atomic E-state index is -0.841. The lowest BCUT2D eigenvalue weighted by Gasteiger charge is -2.20. The fourth-order valence-corrected chi connectivity index (χ4v) is 12.4. The zero-order valence-electron chi connectivity index (χ0n) is 58.3. The molecule has 0 radical (unpaired) electrons. The lowest BCUT2D eigenvalue weighted by molar-refractivity contribution is -0.143. The number of aliphatic hydroxyl groups excluding tert-OH is 2. The van der Waals surface area contributed by atoms with Crippen LogP contribution in [0.5, 0.6) is 0 Å². The number of nitrogens with one attached hydrogen (secondary N) is 1. The van der Waals surface area contributed by atoms with Gasteiger partial charge in [0, 0.05) is 12.8 Å². The van der Waals surface area contributed by atoms with Crippen molar-refractivity contribution in [3.63, 3.8) is 0 Å². The Balaban J connectivity index is 3.33. The first kappa shape index (κ1) is 84.1. The van der Waals surface area contributed by atoms with Gasteiger partial charge in [0.25, 0.3) is 0 Å². The van der Waals surface area contributed by atoms with E-state index in [1.54, 1.807) is 6.08 Å². The first-order valence-corrected chi connectivity index (χ1v) is 39.3. The highest BCUT2D eigenvalue weighted by Crippen LogP contribution is 2.20. The predicted octanol–water partition coefficient (Wildman–Crippen LogP) is 25.8. The smallest absolute Gasteiger partial charge is 0.305 e. The molecule has 0 aliphatic rings. The molecule has 0 bridgehead atoms. The number of unbranched alkanes of at least 4 members (excludes halogenated alkanes) is 59. The summed E-state index contributed by atoms with van der Waals surface area (Å²) in [6.45, 7) is 4.92. The number of aliphatic hydroxyl groups is 2. The molecule has 2 unspecified atom stereocenters. The van der Waals surface area contributed by atoms with Gasteiger partial charge in [-0.3, -0.25) is 9.59 Å². The van der Waals surface area contributed by atoms with Crippen LogP contribution in [0.25, 0.3) is 0 Å². The average Bonchev–Trinajstić information content (AvgIpc) is 3.54. The highest BCUT2D eigenvalue weighted by Gasteiger charge is 2.18. The van der Waals surface area contributed by atoms with E-state index < -0.39 is 12.1 Å². The molecule has 0 aromatic heterocycles. The van der Waals surface area contributed by atoms with Crippen LogP contribution >= 0.6 is 0 Å². The molecule has 508 valence electrons. The molecule has 0 saturated carbocycles. The van der Waals surface area contributed by atoms with Crippen LogP contribution in [-0.4, -0.2) is 47.4 Å². The SMILES string of the molecule is CCCCCC/C=C\C/C=C\CCCCCCCC(=O)OCCCCCCCCCCCCCCCCCCCCCCCCCCCCCCCCCCCCCC(=O)NC(CO)C(O)/C=C/CCCCCCCCCCCCCCCCCC. The van der Waals surface area contributed by atoms with Crippen LogP contribution in [0.4, 0.5) is 0 Å². The van der Waals surface area contributed by atoms with E-state index in [0.29, 0.717) is 19.4 Å². The number of esters is 1. The number of carbonyl (C=O) groups excluding carboxylic acids is 2. The molecule has 86 heavy (non-hydrogen) atoms. The Morgan fingerprint density at radius 3 is 0.895 bits per heavy atom. The van der Waals surface area contributed by atoms with Crippen LogP contribution in [0.2, 0.25) is 0 Å². The number of carbonyl (C=O) groups is 2. The third kappa shape index (κ3) is 71.2. The van der Waals surface area contributed by atoms with E-state index in [-0.39, 0.29) is 18.5 Å². The summed E-state index contributed by atoms with van der Waals surface area (Å²) < 4.78 is 5.50. The van der Waals surface area contributed by atoms with Gasteiger partial charge in [-0.1, -0.05) is 397 Å². The maximum Gasteiger partial charge on any atom is 0.305 e. The molecule has 0 aromatic rings. The topological polar surface area (TPSA) is 95.9 Å². The Bertz CT molecular complexity index is 1390. The predicted molar refractivity (Wildman–Crippen MR) is 379 cm³/mol. The van der Waals surface area contributed by atoms with Crippen LogP contribution in [-0.2, 0) is 14.3 Å². The van der Waals surface area contributed by atoms with Gasteiger partial charge in [-0.25, -0.2) is 0 Å². The molecule has 3 N–H and O–H groups in total. The maximum absolute atomic E-state index is 12.5. The Labute approximate surface area is 538 Å². The summed E-state index contributed by atoms with van der Waals surface area (Å²) in [5, 5.41) is 23.2. The van der Waals surface area contributed by atoms with E-state index in [2.05, 4.69) is 43.5 Å². The second-order valence-corrected chi connectivity index (χ2v) is 27.0. The van der Waals surface area contributed by atoms with Crippen LogP contribution in [0.1, 0.15) is 438 Å². The second-order valence-electron chi connectivity index (χ2n) is 27.0. The van der Waals surface area contributed by atoms with E-state index >= 15 is 0 Å². The summed E-state index contributed by atoms with van der Waals surface area (Å²) in [6.07, 6.45) is 98.4. The van der Waals surface area contributed by atoms with Crippen molar-refractivity contribution in [1.29, 1.82) is 0 Å². The van der Waals surface area contributed by atoms with Gasteiger partial charge in [0.2, 0.25) is 5.91 Å². The van der Waals surface area contributed by atoms with E-state index in [4.69, 9.17) is 4.74 Å². The van der Waals surface area contributed by atoms with Crippen molar-refractivity contribution < 1.29 is 24.5 Å². The molecule has 0 heterocycles. The summed E-state index contributed by atoms with van der Waals surface area (Å²) in [4.78, 5) is 24.6. The van der Waals surface area contributed by atoms with E-state index in [1.807, 2.05) is 6.08 Å². The maximum atomic E-state index is 12.5. The Morgan fingerprint density at radius 2 is 0.581 bits per heavy atom. The quantitative estimate of drug-likeness (QED) is 0.0320. The van der Waals surface area contributed by atoms with Crippen molar-refractivity contribution in [3.8, 4) is 0 Å². The molecule has 0 aliphatic heterocycles. The third-order valence-corrected chi connectivity index (χ3v) is 18.4.